The number of carbonyl (C=O) groups excluding carboxylic acids is 1. The van der Waals surface area contributed by atoms with Crippen LogP contribution in [0.4, 0.5) is 0 Å². The van der Waals surface area contributed by atoms with Gasteiger partial charge in [-0.05, 0) is 12.1 Å². The SMILES string of the molecule is COC(=O)C[C@H]1c2cc3ccccc3nc2Oc2c(O)c(O)c3c(=O)cc(-c4ccccc4)oc3c21. The number of hydrogen-bond acceptors (Lipinski definition) is 8. The number of esters is 1. The zero-order valence-corrected chi connectivity index (χ0v) is 19.0. The van der Waals surface area contributed by atoms with Gasteiger partial charge in [0, 0.05) is 28.5 Å². The molecule has 0 amide bonds. The topological polar surface area (TPSA) is 119 Å². The predicted molar refractivity (Wildman–Crippen MR) is 132 cm³/mol. The van der Waals surface area contributed by atoms with E-state index in [1.54, 1.807) is 24.3 Å². The van der Waals surface area contributed by atoms with Crippen LogP contribution in [-0.2, 0) is 9.53 Å². The van der Waals surface area contributed by atoms with Crippen LogP contribution in [0.3, 0.4) is 0 Å². The van der Waals surface area contributed by atoms with Gasteiger partial charge in [0.25, 0.3) is 0 Å². The highest BCUT2D eigenvalue weighted by Gasteiger charge is 2.38. The first-order valence-corrected chi connectivity index (χ1v) is 11.2. The molecule has 1 atom stereocenters. The first kappa shape index (κ1) is 21.7. The number of para-hydroxylation sites is 1. The third-order valence-electron chi connectivity index (χ3n) is 6.41. The maximum absolute atomic E-state index is 13.2. The van der Waals surface area contributed by atoms with Gasteiger partial charge >= 0.3 is 5.97 Å². The van der Waals surface area contributed by atoms with Crippen LogP contribution >= 0.6 is 0 Å². The molecule has 8 heteroatoms. The Labute approximate surface area is 204 Å². The molecule has 8 nitrogen and oxygen atoms in total. The Morgan fingerprint density at radius 1 is 1.03 bits per heavy atom. The van der Waals surface area contributed by atoms with Crippen molar-refractivity contribution in [2.45, 2.75) is 12.3 Å². The molecule has 0 saturated heterocycles. The molecule has 0 bridgehead atoms. The highest BCUT2D eigenvalue weighted by atomic mass is 16.5. The zero-order chi connectivity index (χ0) is 25.0. The predicted octanol–water partition coefficient (Wildman–Crippen LogP) is 5.22. The number of aromatic hydroxyl groups is 2. The van der Waals surface area contributed by atoms with E-state index in [1.807, 2.05) is 36.4 Å². The number of carbonyl (C=O) groups is 1. The Morgan fingerprint density at radius 2 is 1.78 bits per heavy atom. The Hall–Kier alpha value is -4.85. The number of phenols is 2. The molecule has 5 aromatic rings. The second-order valence-electron chi connectivity index (χ2n) is 8.50. The summed E-state index contributed by atoms with van der Waals surface area (Å²) < 4.78 is 17.1. The summed E-state index contributed by atoms with van der Waals surface area (Å²) in [7, 11) is 1.28. The van der Waals surface area contributed by atoms with Crippen LogP contribution in [-0.4, -0.2) is 28.3 Å². The molecule has 6 rings (SSSR count). The summed E-state index contributed by atoms with van der Waals surface area (Å²) in [4.78, 5) is 30.3. The van der Waals surface area contributed by atoms with E-state index in [1.165, 1.54) is 13.2 Å². The van der Waals surface area contributed by atoms with Gasteiger partial charge in [-0.3, -0.25) is 9.59 Å². The maximum Gasteiger partial charge on any atom is 0.306 e. The number of phenolic OH excluding ortho intramolecular Hbond substituents is 2. The van der Waals surface area contributed by atoms with E-state index in [2.05, 4.69) is 4.98 Å². The van der Waals surface area contributed by atoms with E-state index < -0.39 is 28.8 Å². The lowest BCUT2D eigenvalue weighted by atomic mass is 9.84. The number of fused-ring (bicyclic) bond motifs is 5. The van der Waals surface area contributed by atoms with Crippen LogP contribution in [0.2, 0.25) is 0 Å². The standard InChI is InChI=1S/C28H19NO7/c1-34-21(31)12-16-17-11-15-9-5-6-10-18(15)29-28(17)36-27-22(16)26-23(24(32)25(27)33)19(30)13-20(35-26)14-7-3-2-4-8-14/h2-11,13,16,32-33H,12H2,1H3/t16-/m0/s1. The van der Waals surface area contributed by atoms with Crippen molar-refractivity contribution in [1.29, 1.82) is 0 Å². The first-order valence-electron chi connectivity index (χ1n) is 11.2. The molecule has 0 saturated carbocycles. The van der Waals surface area contributed by atoms with Gasteiger partial charge in [0.05, 0.1) is 24.6 Å². The van der Waals surface area contributed by atoms with E-state index in [0.717, 1.165) is 5.39 Å². The van der Waals surface area contributed by atoms with Crippen LogP contribution < -0.4 is 10.2 Å². The van der Waals surface area contributed by atoms with E-state index in [9.17, 15) is 19.8 Å². The fourth-order valence-electron chi connectivity index (χ4n) is 4.69. The molecule has 178 valence electrons. The molecule has 0 radical (unpaired) electrons. The van der Waals surface area contributed by atoms with Crippen LogP contribution in [0.15, 0.2) is 75.9 Å². The quantitative estimate of drug-likeness (QED) is 0.266. The van der Waals surface area contributed by atoms with Gasteiger partial charge < -0.3 is 24.1 Å². The molecule has 2 N–H and O–H groups in total. The monoisotopic (exact) mass is 481 g/mol. The largest absolute Gasteiger partial charge is 0.504 e. The third-order valence-corrected chi connectivity index (χ3v) is 6.41. The van der Waals surface area contributed by atoms with E-state index in [4.69, 9.17) is 13.9 Å². The smallest absolute Gasteiger partial charge is 0.306 e. The summed E-state index contributed by atoms with van der Waals surface area (Å²) in [5.41, 5.74) is 1.58. The second-order valence-corrected chi connectivity index (χ2v) is 8.50. The van der Waals surface area contributed by atoms with Crippen molar-refractivity contribution in [2.75, 3.05) is 7.11 Å². The lowest BCUT2D eigenvalue weighted by Gasteiger charge is -2.28. The van der Waals surface area contributed by atoms with Gasteiger partial charge in [-0.25, -0.2) is 4.98 Å². The number of nitrogens with zero attached hydrogens (tertiary/aromatic N) is 1. The average molecular weight is 481 g/mol. The molecule has 3 aromatic carbocycles. The van der Waals surface area contributed by atoms with Gasteiger partial charge in [0.1, 0.15) is 16.7 Å². The van der Waals surface area contributed by atoms with E-state index in [0.29, 0.717) is 16.6 Å². The lowest BCUT2D eigenvalue weighted by Crippen LogP contribution is -2.17. The Morgan fingerprint density at radius 3 is 2.56 bits per heavy atom. The van der Waals surface area contributed by atoms with Crippen molar-refractivity contribution < 1.29 is 28.9 Å². The number of hydrogen-bond donors (Lipinski definition) is 2. The van der Waals surface area contributed by atoms with Gasteiger partial charge in [-0.1, -0.05) is 48.5 Å². The summed E-state index contributed by atoms with van der Waals surface area (Å²) in [6.45, 7) is 0. The number of benzene rings is 3. The van der Waals surface area contributed by atoms with E-state index >= 15 is 0 Å². The van der Waals surface area contributed by atoms with Gasteiger partial charge in [0.15, 0.2) is 16.9 Å². The molecule has 0 aliphatic carbocycles. The molecule has 3 heterocycles. The van der Waals surface area contributed by atoms with Crippen LogP contribution in [0.1, 0.15) is 23.5 Å². The Balaban J connectivity index is 1.70. The first-order chi connectivity index (χ1) is 17.5. The molecule has 0 spiro atoms. The van der Waals surface area contributed by atoms with Crippen molar-refractivity contribution in [3.8, 4) is 34.5 Å². The van der Waals surface area contributed by atoms with Crippen molar-refractivity contribution in [3.05, 3.63) is 88.1 Å². The molecular formula is C28H19NO7. The average Bonchev–Trinajstić information content (AvgIpc) is 2.90. The molecule has 36 heavy (non-hydrogen) atoms. The minimum Gasteiger partial charge on any atom is -0.504 e. The fourth-order valence-corrected chi connectivity index (χ4v) is 4.69. The van der Waals surface area contributed by atoms with Crippen LogP contribution in [0.25, 0.3) is 33.2 Å². The summed E-state index contributed by atoms with van der Waals surface area (Å²) in [5, 5.41) is 22.3. The third kappa shape index (κ3) is 3.26. The molecule has 1 aliphatic rings. The number of rotatable bonds is 3. The summed E-state index contributed by atoms with van der Waals surface area (Å²) >= 11 is 0. The summed E-state index contributed by atoms with van der Waals surface area (Å²) in [6, 6.07) is 19.5. The minimum absolute atomic E-state index is 0.0133. The molecule has 1 aliphatic heterocycles. The number of methoxy groups -OCH3 is 1. The maximum atomic E-state index is 13.2. The molecular weight excluding hydrogens is 462 g/mol. The summed E-state index contributed by atoms with van der Waals surface area (Å²) in [6.07, 6.45) is -0.140. The zero-order valence-electron chi connectivity index (χ0n) is 19.0. The van der Waals surface area contributed by atoms with Crippen molar-refractivity contribution >= 4 is 27.8 Å². The highest BCUT2D eigenvalue weighted by Crippen LogP contribution is 2.55. The fraction of sp³-hybridized carbons (Fsp3) is 0.107. The Bertz CT molecular complexity index is 1740. The molecule has 0 unspecified atom stereocenters. The Kier molecular flexibility index (Phi) is 4.89. The number of pyridine rings is 1. The number of ether oxygens (including phenoxy) is 2. The van der Waals surface area contributed by atoms with Gasteiger partial charge in [-0.15, -0.1) is 0 Å². The van der Waals surface area contributed by atoms with Gasteiger partial charge in [-0.2, -0.15) is 0 Å². The van der Waals surface area contributed by atoms with Crippen LogP contribution in [0.5, 0.6) is 23.1 Å². The minimum atomic E-state index is -0.739. The van der Waals surface area contributed by atoms with Crippen molar-refractivity contribution in [2.24, 2.45) is 0 Å². The van der Waals surface area contributed by atoms with Crippen LogP contribution in [0, 0.1) is 0 Å². The van der Waals surface area contributed by atoms with Crippen molar-refractivity contribution in [1.82, 2.24) is 4.98 Å². The van der Waals surface area contributed by atoms with Gasteiger partial charge in [0.2, 0.25) is 11.6 Å². The normalized spacial score (nSPS) is 14.2. The molecule has 2 aromatic heterocycles. The number of aromatic nitrogens is 1. The second kappa shape index (κ2) is 8.13. The molecule has 0 fully saturated rings. The lowest BCUT2D eigenvalue weighted by molar-refractivity contribution is -0.140. The van der Waals surface area contributed by atoms with E-state index in [-0.39, 0.29) is 40.3 Å². The summed E-state index contributed by atoms with van der Waals surface area (Å²) in [5.74, 6) is -2.25. The highest BCUT2D eigenvalue weighted by molar-refractivity contribution is 5.95. The van der Waals surface area contributed by atoms with Crippen molar-refractivity contribution in [3.63, 3.8) is 0 Å².